The number of fused-ring (bicyclic) bond motifs is 1. The molecule has 2 heterocycles. The van der Waals surface area contributed by atoms with Gasteiger partial charge in [-0.25, -0.2) is 14.4 Å². The minimum atomic E-state index is -0.221. The molecule has 1 aromatic carbocycles. The van der Waals surface area contributed by atoms with E-state index in [1.807, 2.05) is 19.1 Å². The number of aromatic nitrogens is 2. The second-order valence-electron chi connectivity index (χ2n) is 5.97. The number of unbranched alkanes of at least 4 members (excludes halogenated alkanes) is 2. The van der Waals surface area contributed by atoms with Crippen molar-refractivity contribution in [2.45, 2.75) is 40.0 Å². The number of benzene rings is 1. The molecule has 3 nitrogen and oxygen atoms in total. The fourth-order valence-electron chi connectivity index (χ4n) is 2.89. The van der Waals surface area contributed by atoms with Gasteiger partial charge in [0.1, 0.15) is 22.3 Å². The van der Waals surface area contributed by atoms with E-state index in [4.69, 9.17) is 0 Å². The maximum absolute atomic E-state index is 13.3. The molecule has 0 fully saturated rings. The maximum Gasteiger partial charge on any atom is 0.139 e. The van der Waals surface area contributed by atoms with Gasteiger partial charge in [0.15, 0.2) is 0 Å². The smallest absolute Gasteiger partial charge is 0.139 e. The first kappa shape index (κ1) is 16.8. The van der Waals surface area contributed by atoms with Crippen LogP contribution in [0, 0.1) is 19.7 Å². The lowest BCUT2D eigenvalue weighted by atomic mass is 10.0. The average molecular weight is 343 g/mol. The van der Waals surface area contributed by atoms with Crippen LogP contribution >= 0.6 is 11.3 Å². The van der Waals surface area contributed by atoms with E-state index in [2.05, 4.69) is 29.1 Å². The van der Waals surface area contributed by atoms with Gasteiger partial charge < -0.3 is 5.32 Å². The molecule has 24 heavy (non-hydrogen) atoms. The molecule has 0 spiro atoms. The quantitative estimate of drug-likeness (QED) is 0.582. The summed E-state index contributed by atoms with van der Waals surface area (Å²) in [5.41, 5.74) is 2.11. The van der Waals surface area contributed by atoms with Gasteiger partial charge in [-0.05, 0) is 38.0 Å². The third kappa shape index (κ3) is 3.41. The molecule has 0 bridgehead atoms. The van der Waals surface area contributed by atoms with Crippen LogP contribution in [0.1, 0.15) is 36.9 Å². The lowest BCUT2D eigenvalue weighted by molar-refractivity contribution is 0.628. The summed E-state index contributed by atoms with van der Waals surface area (Å²) < 4.78 is 13.3. The largest absolute Gasteiger partial charge is 0.369 e. The number of hydrogen-bond donors (Lipinski definition) is 1. The number of nitrogens with zero attached hydrogens (tertiary/aromatic N) is 2. The molecule has 0 saturated carbocycles. The molecule has 3 aromatic rings. The van der Waals surface area contributed by atoms with Crippen molar-refractivity contribution >= 4 is 27.4 Å². The normalized spacial score (nSPS) is 11.2. The molecule has 0 aliphatic carbocycles. The van der Waals surface area contributed by atoms with Crippen molar-refractivity contribution in [3.05, 3.63) is 40.8 Å². The first-order chi connectivity index (χ1) is 11.6. The summed E-state index contributed by atoms with van der Waals surface area (Å²) in [5.74, 6) is 1.44. The van der Waals surface area contributed by atoms with Gasteiger partial charge in [-0.3, -0.25) is 0 Å². The Morgan fingerprint density at radius 2 is 1.83 bits per heavy atom. The molecule has 2 aromatic heterocycles. The van der Waals surface area contributed by atoms with E-state index in [1.165, 1.54) is 29.9 Å². The zero-order valence-corrected chi connectivity index (χ0v) is 15.1. The number of anilines is 1. The standard InChI is InChI=1S/C19H22FN3S/c1-4-5-6-11-21-18-17-16(14-7-9-15(20)10-8-14)12(2)24-19(17)23-13(3)22-18/h7-10H,4-6,11H2,1-3H3,(H,21,22,23). The summed E-state index contributed by atoms with van der Waals surface area (Å²) in [7, 11) is 0. The van der Waals surface area contributed by atoms with Crippen LogP contribution < -0.4 is 5.32 Å². The molecule has 5 heteroatoms. The predicted molar refractivity (Wildman–Crippen MR) is 100 cm³/mol. The number of hydrogen-bond acceptors (Lipinski definition) is 4. The van der Waals surface area contributed by atoms with Crippen molar-refractivity contribution in [3.8, 4) is 11.1 Å². The summed E-state index contributed by atoms with van der Waals surface area (Å²) in [4.78, 5) is 11.4. The number of nitrogens with one attached hydrogen (secondary N) is 1. The second kappa shape index (κ2) is 7.26. The van der Waals surface area contributed by atoms with E-state index in [1.54, 1.807) is 11.3 Å². The van der Waals surface area contributed by atoms with Crippen molar-refractivity contribution in [1.29, 1.82) is 0 Å². The van der Waals surface area contributed by atoms with Crippen LogP contribution in [0.25, 0.3) is 21.3 Å². The Kier molecular flexibility index (Phi) is 5.09. The molecule has 126 valence electrons. The highest BCUT2D eigenvalue weighted by Crippen LogP contribution is 2.40. The minimum Gasteiger partial charge on any atom is -0.369 e. The Morgan fingerprint density at radius 3 is 2.54 bits per heavy atom. The van der Waals surface area contributed by atoms with E-state index >= 15 is 0 Å². The molecular formula is C19H22FN3S. The second-order valence-corrected chi connectivity index (χ2v) is 7.18. The number of aryl methyl sites for hydroxylation is 2. The van der Waals surface area contributed by atoms with Gasteiger partial charge in [-0.2, -0.15) is 0 Å². The molecule has 0 radical (unpaired) electrons. The molecule has 1 N–H and O–H groups in total. The van der Waals surface area contributed by atoms with Gasteiger partial charge >= 0.3 is 0 Å². The van der Waals surface area contributed by atoms with Crippen LogP contribution in [0.15, 0.2) is 24.3 Å². The number of rotatable bonds is 6. The Bertz CT molecular complexity index is 840. The Morgan fingerprint density at radius 1 is 1.08 bits per heavy atom. The zero-order chi connectivity index (χ0) is 17.1. The van der Waals surface area contributed by atoms with E-state index < -0.39 is 0 Å². The summed E-state index contributed by atoms with van der Waals surface area (Å²) >= 11 is 1.66. The van der Waals surface area contributed by atoms with Crippen LogP contribution in [0.3, 0.4) is 0 Å². The van der Waals surface area contributed by atoms with E-state index in [0.717, 1.165) is 46.0 Å². The van der Waals surface area contributed by atoms with Crippen LogP contribution in [0.2, 0.25) is 0 Å². The lowest BCUT2D eigenvalue weighted by Gasteiger charge is -2.10. The van der Waals surface area contributed by atoms with Crippen molar-refractivity contribution in [2.24, 2.45) is 0 Å². The van der Waals surface area contributed by atoms with Crippen LogP contribution in [-0.4, -0.2) is 16.5 Å². The maximum atomic E-state index is 13.3. The predicted octanol–water partition coefficient (Wildman–Crippen LogP) is 5.72. The fourth-order valence-corrected chi connectivity index (χ4v) is 3.98. The first-order valence-electron chi connectivity index (χ1n) is 8.37. The van der Waals surface area contributed by atoms with Crippen LogP contribution in [0.4, 0.5) is 10.2 Å². The van der Waals surface area contributed by atoms with E-state index in [0.29, 0.717) is 0 Å². The summed E-state index contributed by atoms with van der Waals surface area (Å²) in [6.45, 7) is 7.10. The van der Waals surface area contributed by atoms with Gasteiger partial charge in [0.25, 0.3) is 0 Å². The SMILES string of the molecule is CCCCCNc1nc(C)nc2sc(C)c(-c3ccc(F)cc3)c12. The highest BCUT2D eigenvalue weighted by molar-refractivity contribution is 7.19. The topological polar surface area (TPSA) is 37.8 Å². The van der Waals surface area contributed by atoms with E-state index in [-0.39, 0.29) is 5.82 Å². The van der Waals surface area contributed by atoms with Crippen LogP contribution in [0.5, 0.6) is 0 Å². The van der Waals surface area contributed by atoms with Crippen molar-refractivity contribution in [2.75, 3.05) is 11.9 Å². The average Bonchev–Trinajstić information content (AvgIpc) is 2.88. The molecule has 0 amide bonds. The summed E-state index contributed by atoms with van der Waals surface area (Å²) in [6.07, 6.45) is 3.52. The van der Waals surface area contributed by atoms with Gasteiger partial charge in [-0.15, -0.1) is 11.3 Å². The third-order valence-corrected chi connectivity index (χ3v) is 5.04. The molecule has 0 atom stereocenters. The Labute approximate surface area is 146 Å². The molecular weight excluding hydrogens is 321 g/mol. The van der Waals surface area contributed by atoms with Gasteiger partial charge in [0.05, 0.1) is 5.39 Å². The number of halogens is 1. The summed E-state index contributed by atoms with van der Waals surface area (Å²) in [5, 5.41) is 4.53. The third-order valence-electron chi connectivity index (χ3n) is 4.05. The number of thiophene rings is 1. The minimum absolute atomic E-state index is 0.221. The van der Waals surface area contributed by atoms with Gasteiger partial charge in [0, 0.05) is 17.0 Å². The highest BCUT2D eigenvalue weighted by atomic mass is 32.1. The van der Waals surface area contributed by atoms with Crippen LogP contribution in [-0.2, 0) is 0 Å². The fraction of sp³-hybridized carbons (Fsp3) is 0.368. The van der Waals surface area contributed by atoms with E-state index in [9.17, 15) is 4.39 Å². The monoisotopic (exact) mass is 343 g/mol. The zero-order valence-electron chi connectivity index (χ0n) is 14.3. The highest BCUT2D eigenvalue weighted by Gasteiger charge is 2.17. The lowest BCUT2D eigenvalue weighted by Crippen LogP contribution is -2.05. The molecule has 0 saturated heterocycles. The summed E-state index contributed by atoms with van der Waals surface area (Å²) in [6, 6.07) is 6.65. The van der Waals surface area contributed by atoms with Gasteiger partial charge in [0.2, 0.25) is 0 Å². The van der Waals surface area contributed by atoms with Crippen molar-refractivity contribution < 1.29 is 4.39 Å². The molecule has 0 aliphatic heterocycles. The molecule has 3 rings (SSSR count). The first-order valence-corrected chi connectivity index (χ1v) is 9.19. The van der Waals surface area contributed by atoms with Crippen molar-refractivity contribution in [3.63, 3.8) is 0 Å². The Balaban J connectivity index is 2.08. The molecule has 0 unspecified atom stereocenters. The Hall–Kier alpha value is -2.01. The van der Waals surface area contributed by atoms with Gasteiger partial charge in [-0.1, -0.05) is 31.9 Å². The molecule has 0 aliphatic rings. The van der Waals surface area contributed by atoms with Crippen molar-refractivity contribution in [1.82, 2.24) is 9.97 Å².